The minimum atomic E-state index is -4.10. The van der Waals surface area contributed by atoms with Gasteiger partial charge in [0.2, 0.25) is 47.3 Å². The number of sulfonamides is 1. The van der Waals surface area contributed by atoms with E-state index in [9.17, 15) is 71.7 Å². The van der Waals surface area contributed by atoms with Crippen LogP contribution in [0.15, 0.2) is 34.2 Å². The Balaban J connectivity index is 3.29. The number of thioether (sulfide) groups is 1. The maximum absolute atomic E-state index is 14.0. The fourth-order valence-electron chi connectivity index (χ4n) is 6.12. The number of aryl methyl sites for hydroxylation is 1. The van der Waals surface area contributed by atoms with E-state index in [1.165, 1.54) is 23.9 Å². The van der Waals surface area contributed by atoms with Crippen molar-refractivity contribution in [3.05, 3.63) is 29.8 Å². The molecule has 404 valence electrons. The Kier molecular flexibility index (Phi) is 27.1. The first-order valence-corrected chi connectivity index (χ1v) is 25.4. The number of ether oxygens (including phenoxy) is 1. The molecule has 1 rings (SSSR count). The van der Waals surface area contributed by atoms with E-state index in [2.05, 4.69) is 46.9 Å². The molecule has 0 unspecified atom stereocenters. The first-order valence-electron chi connectivity index (χ1n) is 22.5. The number of carbonyl (C=O) groups excluding carboxylic acids is 8. The van der Waals surface area contributed by atoms with E-state index in [0.717, 1.165) is 5.56 Å². The predicted octanol–water partition coefficient (Wildman–Crippen LogP) is -2.58. The highest BCUT2D eigenvalue weighted by atomic mass is 32.2. The number of hydrogen-bond donors (Lipinski definition) is 13. The second-order valence-corrected chi connectivity index (χ2v) is 20.3. The second kappa shape index (κ2) is 30.9. The smallest absolute Gasteiger partial charge is 0.408 e. The number of nitrogens with one attached hydrogen (secondary N) is 8. The number of primary amides is 1. The number of aliphatic carboxylic acids is 2. The summed E-state index contributed by atoms with van der Waals surface area (Å²) in [7, 11) is -4.10. The van der Waals surface area contributed by atoms with Gasteiger partial charge < -0.3 is 68.7 Å². The highest BCUT2D eigenvalue weighted by Gasteiger charge is 2.33. The molecule has 1 aromatic rings. The zero-order valence-corrected chi connectivity index (χ0v) is 42.8. The third-order valence-corrected chi connectivity index (χ3v) is 11.7. The van der Waals surface area contributed by atoms with Crippen LogP contribution in [0.1, 0.15) is 85.1 Å². The average molecular weight is 1060 g/mol. The molecule has 0 aromatic heterocycles. The van der Waals surface area contributed by atoms with Gasteiger partial charge in [0, 0.05) is 13.0 Å². The molecule has 29 heteroatoms. The first-order chi connectivity index (χ1) is 33.5. The third-order valence-electron chi connectivity index (χ3n) is 9.65. The Morgan fingerprint density at radius 3 is 1.75 bits per heavy atom. The van der Waals surface area contributed by atoms with Crippen LogP contribution >= 0.6 is 11.8 Å². The van der Waals surface area contributed by atoms with E-state index < -0.39 is 150 Å². The Bertz CT molecular complexity index is 2210. The lowest BCUT2D eigenvalue weighted by Crippen LogP contribution is -2.59. The second-order valence-electron chi connectivity index (χ2n) is 17.6. The topological polar surface area (TPSA) is 435 Å². The molecule has 0 aliphatic carbocycles. The number of amides is 8. The lowest BCUT2D eigenvalue weighted by atomic mass is 10.0. The number of guanidine groups is 1. The number of hydrogen-bond acceptors (Lipinski definition) is 16. The minimum absolute atomic E-state index is 0.0187. The fraction of sp³-hybridized carbons (Fsp3) is 0.605. The van der Waals surface area contributed by atoms with Crippen LogP contribution in [-0.4, -0.2) is 163 Å². The van der Waals surface area contributed by atoms with Gasteiger partial charge in [-0.3, -0.25) is 43.3 Å². The van der Waals surface area contributed by atoms with Crippen LogP contribution in [0.5, 0.6) is 0 Å². The summed E-state index contributed by atoms with van der Waals surface area (Å²) in [5.74, 6) is -10.5. The highest BCUT2D eigenvalue weighted by molar-refractivity contribution is 7.98. The molecule has 6 atom stereocenters. The van der Waals surface area contributed by atoms with Crippen LogP contribution in [0.25, 0.3) is 0 Å². The zero-order chi connectivity index (χ0) is 54.9. The van der Waals surface area contributed by atoms with Gasteiger partial charge in [0.05, 0.1) is 24.5 Å². The molecule has 0 saturated heterocycles. The molecule has 0 saturated carbocycles. The Morgan fingerprint density at radius 1 is 0.736 bits per heavy atom. The van der Waals surface area contributed by atoms with Gasteiger partial charge in [-0.25, -0.2) is 22.7 Å². The van der Waals surface area contributed by atoms with Crippen LogP contribution in [-0.2, 0) is 57.9 Å². The van der Waals surface area contributed by atoms with Gasteiger partial charge >= 0.3 is 18.0 Å². The summed E-state index contributed by atoms with van der Waals surface area (Å²) in [6.45, 7) is 7.74. The Morgan fingerprint density at radius 2 is 1.26 bits per heavy atom. The van der Waals surface area contributed by atoms with Gasteiger partial charge in [0.25, 0.3) is 10.0 Å². The van der Waals surface area contributed by atoms with Crippen molar-refractivity contribution >= 4 is 87.1 Å². The van der Waals surface area contributed by atoms with E-state index in [1.807, 2.05) is 0 Å². The van der Waals surface area contributed by atoms with Crippen LogP contribution in [0.2, 0.25) is 0 Å². The number of aliphatic hydroxyl groups excluding tert-OH is 1. The first kappa shape index (κ1) is 63.3. The fourth-order valence-corrected chi connectivity index (χ4v) is 7.55. The molecule has 0 fully saturated rings. The molecule has 0 radical (unpaired) electrons. The van der Waals surface area contributed by atoms with Gasteiger partial charge in [-0.2, -0.15) is 11.8 Å². The van der Waals surface area contributed by atoms with Crippen molar-refractivity contribution in [2.45, 2.75) is 133 Å². The molecular formula is C43H69N11O16S2. The zero-order valence-electron chi connectivity index (χ0n) is 41.2. The van der Waals surface area contributed by atoms with Crippen molar-refractivity contribution < 1.29 is 76.4 Å². The average Bonchev–Trinajstić information content (AvgIpc) is 3.26. The molecule has 0 aliphatic rings. The quantitative estimate of drug-likeness (QED) is 0.0206. The predicted molar refractivity (Wildman–Crippen MR) is 261 cm³/mol. The van der Waals surface area contributed by atoms with Gasteiger partial charge in [-0.1, -0.05) is 31.5 Å². The van der Waals surface area contributed by atoms with Gasteiger partial charge in [0.1, 0.15) is 41.9 Å². The molecule has 27 nitrogen and oxygen atoms in total. The number of rotatable bonds is 31. The lowest BCUT2D eigenvalue weighted by Gasteiger charge is -2.27. The monoisotopic (exact) mass is 1060 g/mol. The molecule has 15 N–H and O–H groups in total. The summed E-state index contributed by atoms with van der Waals surface area (Å²) in [5.41, 5.74) is 10.9. The summed E-state index contributed by atoms with van der Waals surface area (Å²) >= 11 is 1.26. The molecule has 0 heterocycles. The maximum Gasteiger partial charge on any atom is 0.408 e. The number of alkyl carbamates (subject to hydrolysis) is 1. The summed E-state index contributed by atoms with van der Waals surface area (Å²) in [6, 6.07) is -3.47. The molecule has 0 spiro atoms. The van der Waals surface area contributed by atoms with E-state index in [4.69, 9.17) is 16.2 Å². The van der Waals surface area contributed by atoms with Crippen molar-refractivity contribution in [1.82, 2.24) is 41.9 Å². The number of nitrogens with two attached hydrogens (primary N) is 2. The van der Waals surface area contributed by atoms with Gasteiger partial charge in [-0.15, -0.1) is 0 Å². The Hall–Kier alpha value is -6.75. The number of aliphatic imine (C=N–C) groups is 1. The summed E-state index contributed by atoms with van der Waals surface area (Å²) in [6.07, 6.45) is -1.64. The van der Waals surface area contributed by atoms with Gasteiger partial charge in [0.15, 0.2) is 0 Å². The summed E-state index contributed by atoms with van der Waals surface area (Å²) in [5, 5.41) is 45.3. The maximum atomic E-state index is 14.0. The largest absolute Gasteiger partial charge is 0.481 e. The summed E-state index contributed by atoms with van der Waals surface area (Å²) in [4.78, 5) is 132. The van der Waals surface area contributed by atoms with E-state index in [-0.39, 0.29) is 48.8 Å². The van der Waals surface area contributed by atoms with Crippen molar-refractivity contribution in [1.29, 1.82) is 0 Å². The standard InChI is InChI=1S/C43H69N11O16S2/c1-23(2)19-30(40(65)66)52-36(61)26(9-8-17-46-41(45)54-72(68,69)25-12-10-24(3)11-13-25)49-38(63)28(16-18-71-7)51-37(62)27(14-15-34(58)59)50-39(64)31(22-55)48-33(57)21-47-35(60)29(20-32(44)56)53-42(67)70-43(4,5)6/h10-13,23,26-31,55H,8-9,14-22H2,1-7H3,(H2,44,56)(H,47,60)(H,48,57)(H,49,63)(H,50,64)(H,51,62)(H,52,61)(H,53,67)(H,58,59)(H,65,66)(H3,45,46,54)/t26-,27-,28-,29-,30-,31-/m0/s1. The third kappa shape index (κ3) is 25.4. The highest BCUT2D eigenvalue weighted by Crippen LogP contribution is 2.12. The van der Waals surface area contributed by atoms with Crippen LogP contribution in [0.4, 0.5) is 4.79 Å². The van der Waals surface area contributed by atoms with Crippen LogP contribution < -0.4 is 53.4 Å². The number of carboxylic acids is 2. The van der Waals surface area contributed by atoms with Crippen molar-refractivity contribution in [3.8, 4) is 0 Å². The number of aliphatic hydroxyl groups is 1. The molecule has 1 aromatic carbocycles. The lowest BCUT2D eigenvalue weighted by molar-refractivity contribution is -0.143. The van der Waals surface area contributed by atoms with Crippen molar-refractivity contribution in [2.24, 2.45) is 22.4 Å². The molecule has 72 heavy (non-hydrogen) atoms. The van der Waals surface area contributed by atoms with E-state index >= 15 is 0 Å². The molecule has 8 amide bonds. The van der Waals surface area contributed by atoms with Crippen LogP contribution in [0.3, 0.4) is 0 Å². The Labute approximate surface area is 421 Å². The number of carboxylic acid groups (broad SMARTS) is 2. The molecular weight excluding hydrogens is 991 g/mol. The number of carbonyl (C=O) groups is 10. The van der Waals surface area contributed by atoms with Gasteiger partial charge in [-0.05, 0) is 89.9 Å². The van der Waals surface area contributed by atoms with E-state index in [0.29, 0.717) is 0 Å². The molecule has 0 aliphatic heterocycles. The van der Waals surface area contributed by atoms with E-state index in [1.54, 1.807) is 59.9 Å². The minimum Gasteiger partial charge on any atom is -0.481 e. The number of benzene rings is 1. The summed E-state index contributed by atoms with van der Waals surface area (Å²) < 4.78 is 32.8. The van der Waals surface area contributed by atoms with Crippen LogP contribution in [0, 0.1) is 12.8 Å². The van der Waals surface area contributed by atoms with Crippen molar-refractivity contribution in [2.75, 3.05) is 31.7 Å². The molecule has 0 bridgehead atoms. The number of nitrogens with zero attached hydrogens (tertiary/aromatic N) is 1. The SMILES string of the molecule is CSCC[C@H](NC(=O)[C@H](CCC(=O)O)NC(=O)[C@H](CO)NC(=O)CNC(=O)[C@H](CC(N)=O)NC(=O)OC(C)(C)C)C(=O)N[C@@H](CCCN=C(N)NS(=O)(=O)c1ccc(C)cc1)C(=O)N[C@@H](CC(C)C)C(=O)O. The van der Waals surface area contributed by atoms with Crippen molar-refractivity contribution in [3.63, 3.8) is 0 Å². The normalized spacial score (nSPS) is 14.2.